The molecule has 0 fully saturated rings. The number of carbonyl (C=O) groups excluding carboxylic acids is 1. The third-order valence-corrected chi connectivity index (χ3v) is 4.55. The molecule has 0 heterocycles. The third-order valence-electron chi connectivity index (χ3n) is 3.41. The van der Waals surface area contributed by atoms with E-state index in [0.29, 0.717) is 11.3 Å². The van der Waals surface area contributed by atoms with Gasteiger partial charge < -0.3 is 5.32 Å². The van der Waals surface area contributed by atoms with Gasteiger partial charge in [-0.25, -0.2) is 8.42 Å². The number of nitrogens with zero attached hydrogens (tertiary/aromatic N) is 1. The summed E-state index contributed by atoms with van der Waals surface area (Å²) >= 11 is 0. The zero-order chi connectivity index (χ0) is 17.7. The first-order valence-electron chi connectivity index (χ1n) is 7.70. The molecule has 0 radical (unpaired) electrons. The highest BCUT2D eigenvalue weighted by molar-refractivity contribution is 7.92. The number of hydrogen-bond donors (Lipinski definition) is 1. The lowest BCUT2D eigenvalue weighted by atomic mass is 10.1. The second kappa shape index (κ2) is 7.49. The molecule has 5 nitrogen and oxygen atoms in total. The van der Waals surface area contributed by atoms with Gasteiger partial charge in [-0.2, -0.15) is 0 Å². The molecule has 2 aromatic rings. The number of hydrogen-bond acceptors (Lipinski definition) is 3. The Morgan fingerprint density at radius 3 is 2.12 bits per heavy atom. The molecule has 0 aliphatic heterocycles. The van der Waals surface area contributed by atoms with E-state index in [-0.39, 0.29) is 18.5 Å². The van der Waals surface area contributed by atoms with Crippen LogP contribution in [0.15, 0.2) is 54.6 Å². The number of sulfonamides is 1. The summed E-state index contributed by atoms with van der Waals surface area (Å²) in [5, 5.41) is 2.82. The molecule has 0 aliphatic rings. The van der Waals surface area contributed by atoms with Crippen molar-refractivity contribution in [1.82, 2.24) is 5.32 Å². The van der Waals surface area contributed by atoms with E-state index in [1.165, 1.54) is 10.6 Å². The molecule has 0 saturated heterocycles. The fraction of sp³-hybridized carbons (Fsp3) is 0.278. The van der Waals surface area contributed by atoms with E-state index < -0.39 is 10.0 Å². The Labute approximate surface area is 143 Å². The summed E-state index contributed by atoms with van der Waals surface area (Å²) < 4.78 is 25.5. The third kappa shape index (κ3) is 4.83. The van der Waals surface area contributed by atoms with Gasteiger partial charge in [-0.05, 0) is 43.7 Å². The van der Waals surface area contributed by atoms with Crippen molar-refractivity contribution in [1.29, 1.82) is 0 Å². The van der Waals surface area contributed by atoms with Gasteiger partial charge in [0, 0.05) is 11.6 Å². The lowest BCUT2D eigenvalue weighted by molar-refractivity contribution is 0.0943. The van der Waals surface area contributed by atoms with E-state index in [0.717, 1.165) is 5.56 Å². The van der Waals surface area contributed by atoms with E-state index in [2.05, 4.69) is 5.32 Å². The summed E-state index contributed by atoms with van der Waals surface area (Å²) in [5.74, 6) is -0.139. The van der Waals surface area contributed by atoms with Crippen LogP contribution in [0.25, 0.3) is 0 Å². The van der Waals surface area contributed by atoms with Gasteiger partial charge in [-0.1, -0.05) is 30.3 Å². The minimum absolute atomic E-state index is 0.0657. The number of benzene rings is 2. The first kappa shape index (κ1) is 18.0. The quantitative estimate of drug-likeness (QED) is 0.874. The van der Waals surface area contributed by atoms with Gasteiger partial charge in [0.25, 0.3) is 5.91 Å². The van der Waals surface area contributed by atoms with Crippen LogP contribution in [-0.4, -0.2) is 26.6 Å². The topological polar surface area (TPSA) is 66.5 Å². The maximum atomic E-state index is 12.1. The van der Waals surface area contributed by atoms with Crippen molar-refractivity contribution in [2.45, 2.75) is 26.4 Å². The normalized spacial score (nSPS) is 11.3. The van der Waals surface area contributed by atoms with Gasteiger partial charge in [0.05, 0.1) is 18.5 Å². The Morgan fingerprint density at radius 1 is 1.04 bits per heavy atom. The van der Waals surface area contributed by atoms with Crippen LogP contribution in [-0.2, 0) is 16.6 Å². The van der Waals surface area contributed by atoms with Gasteiger partial charge in [-0.3, -0.25) is 9.10 Å². The average molecular weight is 346 g/mol. The van der Waals surface area contributed by atoms with Crippen LogP contribution in [0.2, 0.25) is 0 Å². The van der Waals surface area contributed by atoms with Crippen molar-refractivity contribution < 1.29 is 13.2 Å². The van der Waals surface area contributed by atoms with Crippen LogP contribution in [0.5, 0.6) is 0 Å². The number of anilines is 1. The largest absolute Gasteiger partial charge is 0.350 e. The average Bonchev–Trinajstić information content (AvgIpc) is 2.52. The van der Waals surface area contributed by atoms with Crippen molar-refractivity contribution in [3.63, 3.8) is 0 Å². The number of rotatable bonds is 6. The van der Waals surface area contributed by atoms with E-state index in [4.69, 9.17) is 0 Å². The highest BCUT2D eigenvalue weighted by Gasteiger charge is 2.17. The van der Waals surface area contributed by atoms with Crippen LogP contribution >= 0.6 is 0 Å². The summed E-state index contributed by atoms with van der Waals surface area (Å²) in [6.45, 7) is 4.02. The number of amides is 1. The molecule has 0 bridgehead atoms. The minimum Gasteiger partial charge on any atom is -0.350 e. The smallest absolute Gasteiger partial charge is 0.251 e. The van der Waals surface area contributed by atoms with Crippen molar-refractivity contribution in [3.05, 3.63) is 65.7 Å². The number of nitrogens with one attached hydrogen (secondary N) is 1. The molecule has 2 rings (SSSR count). The fourth-order valence-electron chi connectivity index (χ4n) is 2.27. The molecule has 2 aromatic carbocycles. The SMILES string of the molecule is CC(C)NC(=O)c1ccc(CN(c2ccccc2)S(C)(=O)=O)cc1. The molecular formula is C18H22N2O3S. The van der Waals surface area contributed by atoms with Crippen molar-refractivity contribution in [2.75, 3.05) is 10.6 Å². The second-order valence-electron chi connectivity index (χ2n) is 5.93. The zero-order valence-corrected chi connectivity index (χ0v) is 14.9. The van der Waals surface area contributed by atoms with Crippen LogP contribution < -0.4 is 9.62 Å². The summed E-state index contributed by atoms with van der Waals surface area (Å²) in [7, 11) is -3.40. The molecular weight excluding hydrogens is 324 g/mol. The van der Waals surface area contributed by atoms with Gasteiger partial charge >= 0.3 is 0 Å². The molecule has 0 saturated carbocycles. The molecule has 1 N–H and O–H groups in total. The fourth-order valence-corrected chi connectivity index (χ4v) is 3.16. The van der Waals surface area contributed by atoms with Gasteiger partial charge in [0.2, 0.25) is 10.0 Å². The van der Waals surface area contributed by atoms with Crippen LogP contribution in [0, 0.1) is 0 Å². The summed E-state index contributed by atoms with van der Waals surface area (Å²) in [4.78, 5) is 12.0. The maximum absolute atomic E-state index is 12.1. The summed E-state index contributed by atoms with van der Waals surface area (Å²) in [6.07, 6.45) is 1.18. The predicted molar refractivity (Wildman–Crippen MR) is 96.5 cm³/mol. The van der Waals surface area contributed by atoms with Crippen molar-refractivity contribution in [3.8, 4) is 0 Å². The minimum atomic E-state index is -3.40. The van der Waals surface area contributed by atoms with Crippen molar-refractivity contribution in [2.24, 2.45) is 0 Å². The lowest BCUT2D eigenvalue weighted by Crippen LogP contribution is -2.30. The molecule has 128 valence electrons. The maximum Gasteiger partial charge on any atom is 0.251 e. The first-order chi connectivity index (χ1) is 11.3. The monoisotopic (exact) mass is 346 g/mol. The summed E-state index contributed by atoms with van der Waals surface area (Å²) in [6, 6.07) is 16.0. The van der Waals surface area contributed by atoms with E-state index in [1.54, 1.807) is 48.5 Å². The second-order valence-corrected chi connectivity index (χ2v) is 7.84. The Bertz CT molecular complexity index is 785. The molecule has 0 unspecified atom stereocenters. The predicted octanol–water partition coefficient (Wildman–Crippen LogP) is 2.79. The Balaban J connectivity index is 2.20. The van der Waals surface area contributed by atoms with Gasteiger partial charge in [-0.15, -0.1) is 0 Å². The van der Waals surface area contributed by atoms with Crippen LogP contribution in [0.3, 0.4) is 0 Å². The number of carbonyl (C=O) groups is 1. The van der Waals surface area contributed by atoms with E-state index in [9.17, 15) is 13.2 Å². The molecule has 0 aliphatic carbocycles. The molecule has 0 aromatic heterocycles. The standard InChI is InChI=1S/C18H22N2O3S/c1-14(2)19-18(21)16-11-9-15(10-12-16)13-20(24(3,22)23)17-7-5-4-6-8-17/h4-12,14H,13H2,1-3H3,(H,19,21). The van der Waals surface area contributed by atoms with Crippen LogP contribution in [0.4, 0.5) is 5.69 Å². The highest BCUT2D eigenvalue weighted by atomic mass is 32.2. The highest BCUT2D eigenvalue weighted by Crippen LogP contribution is 2.20. The van der Waals surface area contributed by atoms with E-state index >= 15 is 0 Å². The summed E-state index contributed by atoms with van der Waals surface area (Å²) in [5.41, 5.74) is 1.98. The van der Waals surface area contributed by atoms with Gasteiger partial charge in [0.1, 0.15) is 0 Å². The van der Waals surface area contributed by atoms with Gasteiger partial charge in [0.15, 0.2) is 0 Å². The Kier molecular flexibility index (Phi) is 5.62. The van der Waals surface area contributed by atoms with Crippen molar-refractivity contribution >= 4 is 21.6 Å². The molecule has 1 amide bonds. The Morgan fingerprint density at radius 2 is 1.62 bits per heavy atom. The lowest BCUT2D eigenvalue weighted by Gasteiger charge is -2.22. The van der Waals surface area contributed by atoms with E-state index in [1.807, 2.05) is 19.9 Å². The molecule has 0 spiro atoms. The molecule has 6 heteroatoms. The molecule has 24 heavy (non-hydrogen) atoms. The Hall–Kier alpha value is -2.34. The molecule has 0 atom stereocenters. The number of para-hydroxylation sites is 1. The van der Waals surface area contributed by atoms with Crippen LogP contribution in [0.1, 0.15) is 29.8 Å². The zero-order valence-electron chi connectivity index (χ0n) is 14.1. The first-order valence-corrected chi connectivity index (χ1v) is 9.55.